The Morgan fingerprint density at radius 2 is 2.29 bits per heavy atom. The number of pyridine rings is 1. The molecule has 0 aliphatic carbocycles. The molecule has 5 nitrogen and oxygen atoms in total. The summed E-state index contributed by atoms with van der Waals surface area (Å²) in [5.74, 6) is 4.62. The Morgan fingerprint density at radius 1 is 1.71 bits per heavy atom. The van der Waals surface area contributed by atoms with Crippen LogP contribution in [0, 0.1) is 0 Å². The number of aromatic nitrogens is 1. The molecule has 7 heteroatoms. The average Bonchev–Trinajstić information content (AvgIpc) is 2.19. The van der Waals surface area contributed by atoms with Gasteiger partial charge in [-0.3, -0.25) is 4.79 Å². The molecule has 0 saturated heterocycles. The number of carbonyl (C=O) groups excluding carboxylic acids is 1. The molecule has 0 atom stereocenters. The van der Waals surface area contributed by atoms with Crippen LogP contribution in [-0.4, -0.2) is 17.8 Å². The Labute approximate surface area is 92.5 Å². The van der Waals surface area contributed by atoms with Crippen molar-refractivity contribution in [3.63, 3.8) is 0 Å². The smallest absolute Gasteiger partial charge is 0.356 e. The highest BCUT2D eigenvalue weighted by molar-refractivity contribution is 9.10. The zero-order chi connectivity index (χ0) is 10.9. The Balaban J connectivity index is 3.49. The highest BCUT2D eigenvalue weighted by Gasteiger charge is 2.15. The van der Waals surface area contributed by atoms with E-state index in [0.29, 0.717) is 4.68 Å². The third kappa shape index (κ3) is 1.76. The summed E-state index contributed by atoms with van der Waals surface area (Å²) in [4.78, 5) is 22.4. The highest BCUT2D eigenvalue weighted by atomic mass is 79.9. The monoisotopic (exact) mass is 280 g/mol. The summed E-state index contributed by atoms with van der Waals surface area (Å²) in [5, 5.41) is 0.108. The third-order valence-electron chi connectivity index (χ3n) is 1.53. The van der Waals surface area contributed by atoms with Gasteiger partial charge < -0.3 is 10.6 Å². The maximum absolute atomic E-state index is 11.3. The molecule has 0 aromatic carbocycles. The number of esters is 1. The van der Waals surface area contributed by atoms with Crippen molar-refractivity contribution in [1.82, 2.24) is 4.68 Å². The van der Waals surface area contributed by atoms with Gasteiger partial charge in [-0.1, -0.05) is 11.6 Å². The predicted molar refractivity (Wildman–Crippen MR) is 54.9 cm³/mol. The summed E-state index contributed by atoms with van der Waals surface area (Å²) in [7, 11) is 1.18. The van der Waals surface area contributed by atoms with E-state index in [9.17, 15) is 9.59 Å². The second kappa shape index (κ2) is 4.02. The summed E-state index contributed by atoms with van der Waals surface area (Å²) >= 11 is 8.61. The summed E-state index contributed by atoms with van der Waals surface area (Å²) < 4.78 is 5.19. The van der Waals surface area contributed by atoms with Crippen LogP contribution in [-0.2, 0) is 4.74 Å². The molecular formula is C7H6BrClN2O3. The summed E-state index contributed by atoms with van der Waals surface area (Å²) in [6.07, 6.45) is 0. The first kappa shape index (κ1) is 11.1. The van der Waals surface area contributed by atoms with Crippen LogP contribution in [0.5, 0.6) is 0 Å². The van der Waals surface area contributed by atoms with Gasteiger partial charge >= 0.3 is 5.97 Å². The molecule has 1 aromatic heterocycles. The number of nitrogens with zero attached hydrogens (tertiary/aromatic N) is 1. The second-order valence-electron chi connectivity index (χ2n) is 2.36. The van der Waals surface area contributed by atoms with Gasteiger partial charge in [-0.2, -0.15) is 0 Å². The molecule has 0 aliphatic rings. The van der Waals surface area contributed by atoms with Crippen LogP contribution in [0.1, 0.15) is 10.5 Å². The fraction of sp³-hybridized carbons (Fsp3) is 0.143. The lowest BCUT2D eigenvalue weighted by atomic mass is 10.3. The third-order valence-corrected chi connectivity index (χ3v) is 2.83. The number of hydrogen-bond donors (Lipinski definition) is 1. The second-order valence-corrected chi connectivity index (χ2v) is 3.56. The van der Waals surface area contributed by atoms with Crippen molar-refractivity contribution in [2.75, 3.05) is 13.0 Å². The largest absolute Gasteiger partial charge is 0.464 e. The van der Waals surface area contributed by atoms with Gasteiger partial charge in [-0.15, -0.1) is 0 Å². The van der Waals surface area contributed by atoms with Crippen molar-refractivity contribution >= 4 is 33.5 Å². The highest BCUT2D eigenvalue weighted by Crippen LogP contribution is 2.18. The van der Waals surface area contributed by atoms with Crippen molar-refractivity contribution in [2.45, 2.75) is 0 Å². The molecular weight excluding hydrogens is 275 g/mol. The lowest BCUT2D eigenvalue weighted by Gasteiger charge is -2.06. The van der Waals surface area contributed by atoms with Crippen LogP contribution >= 0.6 is 27.5 Å². The van der Waals surface area contributed by atoms with E-state index in [1.54, 1.807) is 0 Å². The van der Waals surface area contributed by atoms with Crippen molar-refractivity contribution in [3.05, 3.63) is 31.6 Å². The molecule has 76 valence electrons. The van der Waals surface area contributed by atoms with Gasteiger partial charge in [0, 0.05) is 0 Å². The molecule has 0 fully saturated rings. The molecule has 0 aliphatic heterocycles. The van der Waals surface area contributed by atoms with E-state index in [-0.39, 0.29) is 15.2 Å². The first-order valence-corrected chi connectivity index (χ1v) is 4.60. The van der Waals surface area contributed by atoms with Crippen LogP contribution in [0.3, 0.4) is 0 Å². The molecule has 1 heterocycles. The molecule has 0 unspecified atom stereocenters. The number of carbonyl (C=O) groups is 1. The van der Waals surface area contributed by atoms with E-state index in [0.717, 1.165) is 0 Å². The quantitative estimate of drug-likeness (QED) is 0.609. The molecule has 0 saturated carbocycles. The van der Waals surface area contributed by atoms with Gasteiger partial charge in [0.25, 0.3) is 5.56 Å². The zero-order valence-electron chi connectivity index (χ0n) is 7.08. The van der Waals surface area contributed by atoms with E-state index in [1.807, 2.05) is 0 Å². The van der Waals surface area contributed by atoms with Gasteiger partial charge in [0.15, 0.2) is 5.69 Å². The minimum absolute atomic E-state index is 0.106. The van der Waals surface area contributed by atoms with Gasteiger partial charge in [-0.25, -0.2) is 9.47 Å². The van der Waals surface area contributed by atoms with Crippen LogP contribution < -0.4 is 11.4 Å². The van der Waals surface area contributed by atoms with Crippen LogP contribution in [0.25, 0.3) is 0 Å². The minimum atomic E-state index is -0.723. The first-order chi connectivity index (χ1) is 6.49. The zero-order valence-corrected chi connectivity index (χ0v) is 9.42. The lowest BCUT2D eigenvalue weighted by molar-refractivity contribution is 0.0589. The minimum Gasteiger partial charge on any atom is -0.464 e. The number of nitrogens with two attached hydrogens (primary N) is 1. The maximum Gasteiger partial charge on any atom is 0.356 e. The number of halogens is 2. The maximum atomic E-state index is 11.3. The van der Waals surface area contributed by atoms with Crippen molar-refractivity contribution in [1.29, 1.82) is 0 Å². The standard InChI is InChI=1S/C7H6BrClN2O3/c1-14-7(13)4-2-3(9)5(8)6(12)11(4)10/h2H,10H2,1H3. The molecule has 1 aromatic rings. The molecule has 0 spiro atoms. The summed E-state index contributed by atoms with van der Waals surface area (Å²) in [6, 6.07) is 1.25. The molecule has 0 amide bonds. The van der Waals surface area contributed by atoms with E-state index in [2.05, 4.69) is 20.7 Å². The fourth-order valence-electron chi connectivity index (χ4n) is 0.832. The van der Waals surface area contributed by atoms with E-state index in [1.165, 1.54) is 13.2 Å². The first-order valence-electron chi connectivity index (χ1n) is 3.43. The van der Waals surface area contributed by atoms with Gasteiger partial charge in [0.1, 0.15) is 4.47 Å². The van der Waals surface area contributed by atoms with Crippen LogP contribution in [0.15, 0.2) is 15.3 Å². The van der Waals surface area contributed by atoms with Gasteiger partial charge in [0.05, 0.1) is 12.1 Å². The number of hydrogen-bond acceptors (Lipinski definition) is 4. The lowest BCUT2D eigenvalue weighted by Crippen LogP contribution is -2.33. The number of nitrogen functional groups attached to an aromatic ring is 1. The van der Waals surface area contributed by atoms with Crippen LogP contribution in [0.2, 0.25) is 5.02 Å². The average molecular weight is 281 g/mol. The normalized spacial score (nSPS) is 9.93. The summed E-state index contributed by atoms with van der Waals surface area (Å²) in [5.41, 5.74) is -0.705. The summed E-state index contributed by atoms with van der Waals surface area (Å²) in [6.45, 7) is 0. The molecule has 0 radical (unpaired) electrons. The van der Waals surface area contributed by atoms with Gasteiger partial charge in [-0.05, 0) is 22.0 Å². The van der Waals surface area contributed by atoms with Crippen molar-refractivity contribution < 1.29 is 9.53 Å². The van der Waals surface area contributed by atoms with E-state index in [4.69, 9.17) is 17.4 Å². The fourth-order valence-corrected chi connectivity index (χ4v) is 1.32. The topological polar surface area (TPSA) is 74.3 Å². The molecule has 2 N–H and O–H groups in total. The van der Waals surface area contributed by atoms with Crippen molar-refractivity contribution in [2.24, 2.45) is 0 Å². The van der Waals surface area contributed by atoms with Crippen LogP contribution in [0.4, 0.5) is 0 Å². The number of methoxy groups -OCH3 is 1. The predicted octanol–water partition coefficient (Wildman–Crippen LogP) is 0.765. The number of rotatable bonds is 1. The van der Waals surface area contributed by atoms with Gasteiger partial charge in [0.2, 0.25) is 0 Å². The van der Waals surface area contributed by atoms with Crippen molar-refractivity contribution in [3.8, 4) is 0 Å². The Morgan fingerprint density at radius 3 is 2.79 bits per heavy atom. The molecule has 14 heavy (non-hydrogen) atoms. The Bertz CT molecular complexity index is 443. The Hall–Kier alpha value is -1.01. The SMILES string of the molecule is COC(=O)c1cc(Cl)c(Br)c(=O)n1N. The van der Waals surface area contributed by atoms with E-state index >= 15 is 0 Å². The molecule has 0 bridgehead atoms. The number of ether oxygens (including phenoxy) is 1. The Kier molecular flexibility index (Phi) is 3.17. The molecule has 1 rings (SSSR count). The van der Waals surface area contributed by atoms with E-state index < -0.39 is 11.5 Å².